The molecule has 2 fully saturated rings. The van der Waals surface area contributed by atoms with Crippen molar-refractivity contribution in [2.45, 2.75) is 120 Å². The molecule has 2 heterocycles. The Balaban J connectivity index is 0.00000676. The van der Waals surface area contributed by atoms with Gasteiger partial charge in [-0.05, 0) is 122 Å². The second kappa shape index (κ2) is 18.1. The average Bonchev–Trinajstić information content (AvgIpc) is 3.46. The number of anilines is 1. The molecule has 10 nitrogen and oxygen atoms in total. The van der Waals surface area contributed by atoms with Crippen molar-refractivity contribution >= 4 is 53.4 Å². The Labute approximate surface area is 316 Å². The number of carbonyl (C=O) groups is 3. The fourth-order valence-corrected chi connectivity index (χ4v) is 8.28. The predicted octanol–water partition coefficient (Wildman–Crippen LogP) is 7.11. The molecule has 2 N–H and O–H groups in total. The molecular formula is C38H55N5O5SZn. The fraction of sp³-hybridized carbons (Fsp3) is 0.658. The summed E-state index contributed by atoms with van der Waals surface area (Å²) in [6.45, 7) is 20.6. The molecule has 0 bridgehead atoms. The zero-order valence-corrected chi connectivity index (χ0v) is 35.4. The minimum absolute atomic E-state index is 0. The van der Waals surface area contributed by atoms with Crippen molar-refractivity contribution < 1.29 is 43.3 Å². The van der Waals surface area contributed by atoms with E-state index in [0.717, 1.165) is 38.5 Å². The molecule has 12 heteroatoms. The van der Waals surface area contributed by atoms with Crippen LogP contribution < -0.4 is 15.6 Å². The summed E-state index contributed by atoms with van der Waals surface area (Å²) in [4.78, 5) is 53.7. The zero-order valence-electron chi connectivity index (χ0n) is 31.6. The normalized spacial score (nSPS) is 29.3. The summed E-state index contributed by atoms with van der Waals surface area (Å²) in [7, 11) is 0. The van der Waals surface area contributed by atoms with Crippen molar-refractivity contribution in [3.05, 3.63) is 33.7 Å². The molecule has 2 aliphatic carbocycles. The van der Waals surface area contributed by atoms with Crippen LogP contribution in [0.5, 0.6) is 0 Å². The molecule has 1 amide bonds. The van der Waals surface area contributed by atoms with E-state index in [9.17, 15) is 14.4 Å². The third-order valence-corrected chi connectivity index (χ3v) is 10.5. The summed E-state index contributed by atoms with van der Waals surface area (Å²) < 4.78 is 12.3. The average molecular weight is 759 g/mol. The molecule has 4 atom stereocenters. The SMILES string of the molecule is CCCCN=C([S-])NC1=NC(=Cc2[n-]c(NC(C)=O)c(C(=O)OC3C(C)CC(C)CC3C)c2C)C(C)=C1C(=O)OC1C(C)CC(C)CC1C.[Zn+2]. The molecule has 4 unspecified atom stereocenters. The van der Waals surface area contributed by atoms with E-state index in [1.165, 1.54) is 6.92 Å². The van der Waals surface area contributed by atoms with Crippen LogP contribution in [-0.2, 0) is 51.2 Å². The van der Waals surface area contributed by atoms with Gasteiger partial charge in [-0.1, -0.05) is 54.9 Å². The van der Waals surface area contributed by atoms with Crippen molar-refractivity contribution in [1.29, 1.82) is 0 Å². The second-order valence-corrected chi connectivity index (χ2v) is 15.4. The number of hydrogen-bond acceptors (Lipinski definition) is 8. The van der Waals surface area contributed by atoms with Gasteiger partial charge in [0.05, 0.1) is 11.3 Å². The van der Waals surface area contributed by atoms with E-state index < -0.39 is 11.9 Å². The van der Waals surface area contributed by atoms with E-state index in [-0.39, 0.29) is 89.2 Å². The maximum absolute atomic E-state index is 13.9. The van der Waals surface area contributed by atoms with E-state index in [1.807, 2.05) is 6.92 Å². The summed E-state index contributed by atoms with van der Waals surface area (Å²) >= 11 is 5.51. The van der Waals surface area contributed by atoms with Crippen LogP contribution in [0.1, 0.15) is 122 Å². The van der Waals surface area contributed by atoms with Crippen LogP contribution in [0.4, 0.5) is 5.82 Å². The molecule has 270 valence electrons. The van der Waals surface area contributed by atoms with Crippen LogP contribution in [0.2, 0.25) is 0 Å². The minimum atomic E-state index is -0.519. The Morgan fingerprint density at radius 1 is 0.900 bits per heavy atom. The minimum Gasteiger partial charge on any atom is -0.743 e. The number of carbonyl (C=O) groups excluding carboxylic acids is 3. The number of nitrogens with zero attached hydrogens (tertiary/aromatic N) is 3. The summed E-state index contributed by atoms with van der Waals surface area (Å²) in [5.74, 6) is 1.08. The Bertz CT molecular complexity index is 1520. The quantitative estimate of drug-likeness (QED) is 0.0681. The van der Waals surface area contributed by atoms with E-state index >= 15 is 0 Å². The van der Waals surface area contributed by atoms with Gasteiger partial charge in [0, 0.05) is 6.54 Å². The first-order valence-electron chi connectivity index (χ1n) is 18.0. The van der Waals surface area contributed by atoms with E-state index in [0.29, 0.717) is 40.9 Å². The van der Waals surface area contributed by atoms with Crippen LogP contribution in [0.15, 0.2) is 26.8 Å². The number of aromatic nitrogens is 1. The Hall–Kier alpha value is -2.85. The molecule has 1 aromatic rings. The van der Waals surface area contributed by atoms with Gasteiger partial charge in [0.2, 0.25) is 0 Å². The molecular weight excluding hydrogens is 704 g/mol. The van der Waals surface area contributed by atoms with Crippen LogP contribution >= 0.6 is 0 Å². The number of nitrogens with one attached hydrogen (secondary N) is 2. The predicted molar refractivity (Wildman–Crippen MR) is 197 cm³/mol. The maximum atomic E-state index is 13.9. The van der Waals surface area contributed by atoms with Crippen LogP contribution in [0, 0.1) is 42.4 Å². The van der Waals surface area contributed by atoms with Gasteiger partial charge in [0.15, 0.2) is 0 Å². The maximum Gasteiger partial charge on any atom is 2.00 e. The number of unbranched alkanes of at least 4 members (excludes halogenated alkanes) is 1. The summed E-state index contributed by atoms with van der Waals surface area (Å²) in [5.41, 5.74) is 2.52. The zero-order chi connectivity index (χ0) is 36.2. The second-order valence-electron chi connectivity index (χ2n) is 15.0. The Morgan fingerprint density at radius 3 is 1.92 bits per heavy atom. The number of hydrogen-bond donors (Lipinski definition) is 2. The Morgan fingerprint density at radius 2 is 1.42 bits per heavy atom. The molecule has 3 aliphatic rings. The topological polar surface area (TPSA) is 133 Å². The molecule has 0 saturated heterocycles. The van der Waals surface area contributed by atoms with E-state index in [4.69, 9.17) is 27.1 Å². The first-order valence-corrected chi connectivity index (χ1v) is 18.4. The fourth-order valence-electron chi connectivity index (χ4n) is 8.09. The molecule has 0 spiro atoms. The van der Waals surface area contributed by atoms with Crippen LogP contribution in [-0.4, -0.2) is 47.6 Å². The first kappa shape index (κ1) is 41.6. The van der Waals surface area contributed by atoms with Gasteiger partial charge in [-0.25, -0.2) is 14.6 Å². The summed E-state index contributed by atoms with van der Waals surface area (Å²) in [6, 6.07) is 0. The van der Waals surface area contributed by atoms with Crippen molar-refractivity contribution in [3.63, 3.8) is 0 Å². The van der Waals surface area contributed by atoms with Crippen molar-refractivity contribution in [3.8, 4) is 0 Å². The van der Waals surface area contributed by atoms with Gasteiger partial charge >= 0.3 is 31.4 Å². The molecule has 1 aromatic heterocycles. The van der Waals surface area contributed by atoms with E-state index in [2.05, 4.69) is 69.1 Å². The summed E-state index contributed by atoms with van der Waals surface area (Å²) in [6.07, 6.45) is 7.08. The molecule has 1 aliphatic heterocycles. The third-order valence-electron chi connectivity index (χ3n) is 10.3. The monoisotopic (exact) mass is 757 g/mol. The number of allylic oxidation sites excluding steroid dienone is 1. The van der Waals surface area contributed by atoms with Gasteiger partial charge in [-0.3, -0.25) is 9.79 Å². The van der Waals surface area contributed by atoms with Crippen LogP contribution in [0.25, 0.3) is 6.08 Å². The largest absolute Gasteiger partial charge is 2.00 e. The van der Waals surface area contributed by atoms with Crippen molar-refractivity contribution in [2.75, 3.05) is 11.9 Å². The van der Waals surface area contributed by atoms with E-state index in [1.54, 1.807) is 13.0 Å². The number of ether oxygens (including phenoxy) is 2. The number of rotatable bonds is 9. The Kier molecular flexibility index (Phi) is 15.0. The molecule has 4 rings (SSSR count). The van der Waals surface area contributed by atoms with Gasteiger partial charge in [-0.2, -0.15) is 0 Å². The molecule has 0 aromatic carbocycles. The van der Waals surface area contributed by atoms with Gasteiger partial charge < -0.3 is 37.7 Å². The van der Waals surface area contributed by atoms with Gasteiger partial charge in [0.1, 0.15) is 29.5 Å². The molecule has 0 radical (unpaired) electrons. The third kappa shape index (κ3) is 9.93. The van der Waals surface area contributed by atoms with Gasteiger partial charge in [0.25, 0.3) is 0 Å². The smallest absolute Gasteiger partial charge is 0.743 e. The summed E-state index contributed by atoms with van der Waals surface area (Å²) in [5, 5.41) is 6.03. The van der Waals surface area contributed by atoms with Crippen LogP contribution in [0.3, 0.4) is 0 Å². The number of aliphatic imine (C=N–C) groups is 2. The standard InChI is InChI=1S/C38H57N5O5S.Zn/c1-11-12-13-39-38(49)43-35-31(37(46)48-33-23(6)16-20(3)17-24(33)7)26(9)29(42-35)18-28-25(8)30(34(41-28)40-27(10)44)36(45)47-32-21(4)14-19(2)15-22(32)5;/h18-24,32-33H,11-17H2,1-10H3,(H4,39,40,41,42,43,44,45,46,49);/q;+2/p-2. The van der Waals surface area contributed by atoms with Gasteiger partial charge in [-0.15, -0.1) is 0 Å². The van der Waals surface area contributed by atoms with Crippen molar-refractivity contribution in [2.24, 2.45) is 45.5 Å². The molecule has 2 saturated carbocycles. The van der Waals surface area contributed by atoms with Crippen molar-refractivity contribution in [1.82, 2.24) is 10.3 Å². The number of esters is 2. The first-order chi connectivity index (χ1) is 23.1. The number of amides is 1. The molecule has 50 heavy (non-hydrogen) atoms. The number of amidine groups is 2.